The highest BCUT2D eigenvalue weighted by Gasteiger charge is 2.35. The number of hydrogen-bond acceptors (Lipinski definition) is 4. The van der Waals surface area contributed by atoms with Crippen LogP contribution in [0.2, 0.25) is 0 Å². The number of urea groups is 1. The van der Waals surface area contributed by atoms with E-state index in [0.29, 0.717) is 19.6 Å². The number of imidazole rings is 1. The summed E-state index contributed by atoms with van der Waals surface area (Å²) >= 11 is 0. The number of nitrogens with zero attached hydrogens (tertiary/aromatic N) is 2. The summed E-state index contributed by atoms with van der Waals surface area (Å²) in [6, 6.07) is 2.07. The van der Waals surface area contributed by atoms with Gasteiger partial charge in [-0.2, -0.15) is 13.2 Å². The second-order valence-corrected chi connectivity index (χ2v) is 7.01. The van der Waals surface area contributed by atoms with Gasteiger partial charge < -0.3 is 25.3 Å². The summed E-state index contributed by atoms with van der Waals surface area (Å²) in [5.41, 5.74) is -1.50. The second-order valence-electron chi connectivity index (χ2n) is 7.01. The average molecular weight is 425 g/mol. The minimum absolute atomic E-state index is 0.0257. The standard InChI is InChI=1S/C19H22F3N5O3/c1-12(10-27-7-6-23-11-27)24-18(29)26-15-5-4-13(9-14(15)19(20,21)22)25-17(28)16-3-2-8-30-16/h4-7,9,11-12,16H,2-3,8,10H2,1H3,(H,25,28)(H2,24,26,29)/t12-,16+/m1/s1. The van der Waals surface area contributed by atoms with Gasteiger partial charge in [-0.1, -0.05) is 0 Å². The van der Waals surface area contributed by atoms with Crippen molar-refractivity contribution in [1.29, 1.82) is 0 Å². The van der Waals surface area contributed by atoms with E-state index in [1.807, 2.05) is 0 Å². The number of halogens is 3. The highest BCUT2D eigenvalue weighted by atomic mass is 19.4. The molecule has 11 heteroatoms. The van der Waals surface area contributed by atoms with Crippen molar-refractivity contribution in [3.05, 3.63) is 42.5 Å². The Morgan fingerprint density at radius 3 is 2.77 bits per heavy atom. The molecule has 162 valence electrons. The number of amides is 3. The van der Waals surface area contributed by atoms with Gasteiger partial charge in [0.25, 0.3) is 5.91 Å². The van der Waals surface area contributed by atoms with Crippen molar-refractivity contribution >= 4 is 23.3 Å². The third-order valence-corrected chi connectivity index (χ3v) is 4.48. The van der Waals surface area contributed by atoms with Crippen molar-refractivity contribution in [3.63, 3.8) is 0 Å². The van der Waals surface area contributed by atoms with Gasteiger partial charge in [0, 0.05) is 37.3 Å². The molecule has 1 fully saturated rings. The number of benzene rings is 1. The van der Waals surface area contributed by atoms with Gasteiger partial charge in [-0.25, -0.2) is 9.78 Å². The molecule has 3 rings (SSSR count). The second kappa shape index (κ2) is 9.16. The first-order chi connectivity index (χ1) is 14.2. The van der Waals surface area contributed by atoms with E-state index < -0.39 is 35.5 Å². The fourth-order valence-electron chi connectivity index (χ4n) is 3.11. The minimum atomic E-state index is -4.73. The van der Waals surface area contributed by atoms with Crippen LogP contribution in [0.15, 0.2) is 36.9 Å². The molecule has 1 aliphatic rings. The van der Waals surface area contributed by atoms with Gasteiger partial charge >= 0.3 is 12.2 Å². The number of rotatable bonds is 6. The lowest BCUT2D eigenvalue weighted by Gasteiger charge is -2.19. The number of carbonyl (C=O) groups is 2. The Morgan fingerprint density at radius 1 is 1.33 bits per heavy atom. The van der Waals surface area contributed by atoms with Gasteiger partial charge in [-0.05, 0) is 38.0 Å². The van der Waals surface area contributed by atoms with E-state index in [1.165, 1.54) is 6.07 Å². The van der Waals surface area contributed by atoms with Crippen LogP contribution in [0.4, 0.5) is 29.3 Å². The summed E-state index contributed by atoms with van der Waals surface area (Å²) in [7, 11) is 0. The molecule has 1 aromatic carbocycles. The van der Waals surface area contributed by atoms with Crippen molar-refractivity contribution < 1.29 is 27.5 Å². The highest BCUT2D eigenvalue weighted by Crippen LogP contribution is 2.36. The van der Waals surface area contributed by atoms with Crippen molar-refractivity contribution in [2.24, 2.45) is 0 Å². The first-order valence-corrected chi connectivity index (χ1v) is 9.39. The van der Waals surface area contributed by atoms with Gasteiger partial charge in [0.2, 0.25) is 0 Å². The lowest BCUT2D eigenvalue weighted by molar-refractivity contribution is -0.137. The van der Waals surface area contributed by atoms with Gasteiger partial charge in [0.05, 0.1) is 17.6 Å². The molecule has 1 aromatic heterocycles. The Hall–Kier alpha value is -3.08. The quantitative estimate of drug-likeness (QED) is 0.662. The van der Waals surface area contributed by atoms with Crippen LogP contribution in [-0.2, 0) is 22.3 Å². The maximum Gasteiger partial charge on any atom is 0.418 e. The Labute approximate surface area is 170 Å². The van der Waals surface area contributed by atoms with Crippen LogP contribution in [0.3, 0.4) is 0 Å². The molecular formula is C19H22F3N5O3. The predicted octanol–water partition coefficient (Wildman–Crippen LogP) is 3.23. The van der Waals surface area contributed by atoms with Gasteiger partial charge in [0.15, 0.2) is 0 Å². The fraction of sp³-hybridized carbons (Fsp3) is 0.421. The minimum Gasteiger partial charge on any atom is -0.368 e. The largest absolute Gasteiger partial charge is 0.418 e. The molecule has 2 heterocycles. The van der Waals surface area contributed by atoms with E-state index in [2.05, 4.69) is 20.9 Å². The van der Waals surface area contributed by atoms with E-state index in [-0.39, 0.29) is 11.7 Å². The third kappa shape index (κ3) is 5.72. The van der Waals surface area contributed by atoms with Crippen molar-refractivity contribution in [2.75, 3.05) is 17.2 Å². The SMILES string of the molecule is C[C@H](Cn1ccnc1)NC(=O)Nc1ccc(NC(=O)[C@@H]2CCCO2)cc1C(F)(F)F. The third-order valence-electron chi connectivity index (χ3n) is 4.48. The van der Waals surface area contributed by atoms with Crippen molar-refractivity contribution in [3.8, 4) is 0 Å². The molecule has 1 aliphatic heterocycles. The molecule has 0 bridgehead atoms. The van der Waals surface area contributed by atoms with Crippen molar-refractivity contribution in [1.82, 2.24) is 14.9 Å². The maximum atomic E-state index is 13.5. The molecule has 0 spiro atoms. The molecule has 0 aliphatic carbocycles. The fourth-order valence-corrected chi connectivity index (χ4v) is 3.11. The van der Waals surface area contributed by atoms with Crippen LogP contribution in [0, 0.1) is 0 Å². The molecule has 8 nitrogen and oxygen atoms in total. The first kappa shape index (κ1) is 21.6. The smallest absolute Gasteiger partial charge is 0.368 e. The molecule has 2 aromatic rings. The lowest BCUT2D eigenvalue weighted by atomic mass is 10.1. The van der Waals surface area contributed by atoms with E-state index in [0.717, 1.165) is 18.6 Å². The molecule has 3 amide bonds. The Morgan fingerprint density at radius 2 is 2.13 bits per heavy atom. The van der Waals surface area contributed by atoms with Crippen LogP contribution < -0.4 is 16.0 Å². The topological polar surface area (TPSA) is 97.3 Å². The molecule has 3 N–H and O–H groups in total. The molecule has 0 saturated carbocycles. The van der Waals surface area contributed by atoms with Crippen molar-refractivity contribution in [2.45, 2.75) is 44.6 Å². The molecule has 30 heavy (non-hydrogen) atoms. The summed E-state index contributed by atoms with van der Waals surface area (Å²) in [6.07, 6.45) is 0.720. The van der Waals surface area contributed by atoms with Gasteiger partial charge in [-0.3, -0.25) is 4.79 Å². The molecule has 0 radical (unpaired) electrons. The zero-order valence-electron chi connectivity index (χ0n) is 16.2. The van der Waals surface area contributed by atoms with Crippen LogP contribution >= 0.6 is 0 Å². The summed E-state index contributed by atoms with van der Waals surface area (Å²) in [5, 5.41) is 7.24. The van der Waals surface area contributed by atoms with Crippen LogP contribution in [0.5, 0.6) is 0 Å². The summed E-state index contributed by atoms with van der Waals surface area (Å²) in [6.45, 7) is 2.57. The molecule has 0 unspecified atom stereocenters. The molecule has 1 saturated heterocycles. The van der Waals surface area contributed by atoms with E-state index in [9.17, 15) is 22.8 Å². The number of carbonyl (C=O) groups excluding carboxylic acids is 2. The maximum absolute atomic E-state index is 13.5. The number of nitrogens with one attached hydrogen (secondary N) is 3. The lowest BCUT2D eigenvalue weighted by Crippen LogP contribution is -2.38. The first-order valence-electron chi connectivity index (χ1n) is 9.39. The highest BCUT2D eigenvalue weighted by molar-refractivity contribution is 5.95. The summed E-state index contributed by atoms with van der Waals surface area (Å²) < 4.78 is 47.5. The number of alkyl halides is 3. The average Bonchev–Trinajstić information content (AvgIpc) is 3.35. The number of hydrogen-bond donors (Lipinski definition) is 3. The normalized spacial score (nSPS) is 17.4. The summed E-state index contributed by atoms with van der Waals surface area (Å²) in [5.74, 6) is -0.493. The number of ether oxygens (including phenoxy) is 1. The van der Waals surface area contributed by atoms with Gasteiger partial charge in [-0.15, -0.1) is 0 Å². The summed E-state index contributed by atoms with van der Waals surface area (Å²) in [4.78, 5) is 28.1. The van der Waals surface area contributed by atoms with Gasteiger partial charge in [0.1, 0.15) is 6.10 Å². The van der Waals surface area contributed by atoms with E-state index in [1.54, 1.807) is 30.2 Å². The number of anilines is 2. The van der Waals surface area contributed by atoms with Crippen LogP contribution in [0.1, 0.15) is 25.3 Å². The van der Waals surface area contributed by atoms with E-state index in [4.69, 9.17) is 4.74 Å². The monoisotopic (exact) mass is 425 g/mol. The number of aromatic nitrogens is 2. The van der Waals surface area contributed by atoms with Crippen LogP contribution in [-0.4, -0.2) is 40.2 Å². The van der Waals surface area contributed by atoms with E-state index >= 15 is 0 Å². The zero-order valence-corrected chi connectivity index (χ0v) is 16.2. The zero-order chi connectivity index (χ0) is 21.7. The Bertz CT molecular complexity index is 880. The Balaban J connectivity index is 1.67. The van der Waals surface area contributed by atoms with Crippen LogP contribution in [0.25, 0.3) is 0 Å². The Kier molecular flexibility index (Phi) is 6.60. The molecule has 2 atom stereocenters. The molecular weight excluding hydrogens is 403 g/mol. The predicted molar refractivity (Wildman–Crippen MR) is 103 cm³/mol.